The molecule has 0 amide bonds. The molecule has 4 heteroatoms. The molecule has 0 spiro atoms. The number of hydrogen-bond donors (Lipinski definition) is 0. The fraction of sp³-hybridized carbons (Fsp3) is 1.00. The molecule has 1 aliphatic rings. The van der Waals surface area contributed by atoms with Crippen molar-refractivity contribution in [3.05, 3.63) is 0 Å². The Bertz CT molecular complexity index is 151. The van der Waals surface area contributed by atoms with Crippen LogP contribution in [0.3, 0.4) is 0 Å². The second kappa shape index (κ2) is 2.98. The van der Waals surface area contributed by atoms with Crippen molar-refractivity contribution in [1.29, 1.82) is 0 Å². The lowest BCUT2D eigenvalue weighted by Crippen LogP contribution is -2.30. The minimum atomic E-state index is -2.01. The van der Waals surface area contributed by atoms with Gasteiger partial charge in [0.1, 0.15) is 0 Å². The smallest absolute Gasteiger partial charge is 0.0213 e. The molecular weight excluding hydrogens is 150 g/mol. The van der Waals surface area contributed by atoms with Crippen LogP contribution in [0.5, 0.6) is 0 Å². The van der Waals surface area contributed by atoms with Gasteiger partial charge in [0.15, 0.2) is 0 Å². The van der Waals surface area contributed by atoms with Crippen LogP contribution in [0.1, 0.15) is 20.3 Å². The van der Waals surface area contributed by atoms with E-state index in [4.69, 9.17) is 0 Å². The summed E-state index contributed by atoms with van der Waals surface area (Å²) in [4.78, 5) is 0. The van der Waals surface area contributed by atoms with Crippen molar-refractivity contribution in [2.45, 2.75) is 26.3 Å². The lowest BCUT2D eigenvalue weighted by molar-refractivity contribution is 0.356. The maximum absolute atomic E-state index is 10.5. The normalized spacial score (nSPS) is 38.3. The number of rotatable bonds is 1. The summed E-state index contributed by atoms with van der Waals surface area (Å²) in [6.45, 7) is 4.73. The molecule has 0 aromatic heterocycles. The zero-order chi connectivity index (χ0) is 7.72. The van der Waals surface area contributed by atoms with E-state index in [1.165, 1.54) is 4.31 Å². The summed E-state index contributed by atoms with van der Waals surface area (Å²) < 4.78 is 22.5. The van der Waals surface area contributed by atoms with Crippen LogP contribution in [-0.4, -0.2) is 25.7 Å². The van der Waals surface area contributed by atoms with Crippen molar-refractivity contribution >= 4 is 11.3 Å². The molecule has 1 heterocycles. The van der Waals surface area contributed by atoms with E-state index in [1.807, 2.05) is 6.92 Å². The van der Waals surface area contributed by atoms with Crippen molar-refractivity contribution in [2.24, 2.45) is 5.92 Å². The average molecular weight is 162 g/mol. The molecule has 0 saturated carbocycles. The molecule has 3 nitrogen and oxygen atoms in total. The van der Waals surface area contributed by atoms with E-state index in [9.17, 15) is 8.76 Å². The molecule has 0 bridgehead atoms. The van der Waals surface area contributed by atoms with Gasteiger partial charge in [-0.15, -0.1) is 0 Å². The van der Waals surface area contributed by atoms with E-state index in [2.05, 4.69) is 6.92 Å². The Hall–Kier alpha value is 0.0700. The van der Waals surface area contributed by atoms with E-state index >= 15 is 0 Å². The number of nitrogens with zero attached hydrogens (tertiary/aromatic N) is 1. The molecule has 1 fully saturated rings. The van der Waals surface area contributed by atoms with Gasteiger partial charge in [-0.2, -0.15) is 0 Å². The fourth-order valence-corrected chi connectivity index (χ4v) is 2.00. The first-order valence-corrected chi connectivity index (χ1v) is 4.52. The molecule has 10 heavy (non-hydrogen) atoms. The van der Waals surface area contributed by atoms with Crippen molar-refractivity contribution in [1.82, 2.24) is 4.31 Å². The molecule has 0 aliphatic carbocycles. The SMILES string of the molecule is CC1CCN(S(=O)[O-])C1C. The quantitative estimate of drug-likeness (QED) is 0.527. The van der Waals surface area contributed by atoms with Gasteiger partial charge in [-0.25, -0.2) is 4.31 Å². The van der Waals surface area contributed by atoms with Gasteiger partial charge in [-0.1, -0.05) is 6.92 Å². The first-order valence-electron chi connectivity index (χ1n) is 3.49. The average Bonchev–Trinajstić information content (AvgIpc) is 2.14. The first kappa shape index (κ1) is 8.17. The monoisotopic (exact) mass is 162 g/mol. The summed E-state index contributed by atoms with van der Waals surface area (Å²) in [5.41, 5.74) is 0. The van der Waals surface area contributed by atoms with Crippen LogP contribution in [0.4, 0.5) is 0 Å². The summed E-state index contributed by atoms with van der Waals surface area (Å²) in [5, 5.41) is 0. The van der Waals surface area contributed by atoms with Gasteiger partial charge in [-0.05, 0) is 19.3 Å². The van der Waals surface area contributed by atoms with Crippen LogP contribution < -0.4 is 0 Å². The lowest BCUT2D eigenvalue weighted by atomic mass is 10.1. The van der Waals surface area contributed by atoms with Crippen LogP contribution in [-0.2, 0) is 11.3 Å². The Labute approximate surface area is 63.8 Å². The Morgan fingerprint density at radius 1 is 1.60 bits per heavy atom. The highest BCUT2D eigenvalue weighted by atomic mass is 32.2. The molecule has 0 aromatic rings. The lowest BCUT2D eigenvalue weighted by Gasteiger charge is -2.24. The first-order chi connectivity index (χ1) is 4.63. The van der Waals surface area contributed by atoms with Crippen LogP contribution in [0, 0.1) is 5.92 Å². The minimum absolute atomic E-state index is 0.193. The van der Waals surface area contributed by atoms with Crippen molar-refractivity contribution in [3.8, 4) is 0 Å². The zero-order valence-electron chi connectivity index (χ0n) is 6.24. The van der Waals surface area contributed by atoms with E-state index in [-0.39, 0.29) is 6.04 Å². The molecule has 1 rings (SSSR count). The molecule has 1 saturated heterocycles. The summed E-state index contributed by atoms with van der Waals surface area (Å²) in [6.07, 6.45) is 0.995. The molecule has 3 unspecified atom stereocenters. The van der Waals surface area contributed by atoms with Crippen molar-refractivity contribution in [3.63, 3.8) is 0 Å². The van der Waals surface area contributed by atoms with Gasteiger partial charge in [0, 0.05) is 23.9 Å². The summed E-state index contributed by atoms with van der Waals surface area (Å²) >= 11 is -2.01. The minimum Gasteiger partial charge on any atom is -0.760 e. The van der Waals surface area contributed by atoms with Crippen molar-refractivity contribution in [2.75, 3.05) is 6.54 Å². The molecule has 0 radical (unpaired) electrons. The third-order valence-corrected chi connectivity index (χ3v) is 3.17. The highest BCUT2D eigenvalue weighted by Crippen LogP contribution is 2.23. The van der Waals surface area contributed by atoms with E-state index in [0.29, 0.717) is 12.5 Å². The van der Waals surface area contributed by atoms with E-state index in [1.54, 1.807) is 0 Å². The predicted molar refractivity (Wildman–Crippen MR) is 38.9 cm³/mol. The summed E-state index contributed by atoms with van der Waals surface area (Å²) in [6, 6.07) is 0.193. The van der Waals surface area contributed by atoms with Gasteiger partial charge in [0.2, 0.25) is 0 Å². The number of hydrogen-bond acceptors (Lipinski definition) is 2. The Kier molecular flexibility index (Phi) is 2.44. The van der Waals surface area contributed by atoms with Crippen LogP contribution in [0.25, 0.3) is 0 Å². The standard InChI is InChI=1S/C6H13NO2S/c1-5-3-4-7(6(5)2)10(8)9/h5-6H,3-4H2,1-2H3,(H,8,9)/p-1. The maximum Gasteiger partial charge on any atom is 0.0213 e. The Balaban J connectivity index is 2.57. The van der Waals surface area contributed by atoms with Crippen LogP contribution >= 0.6 is 0 Å². The van der Waals surface area contributed by atoms with Gasteiger partial charge in [-0.3, -0.25) is 4.21 Å². The van der Waals surface area contributed by atoms with Crippen LogP contribution in [0.2, 0.25) is 0 Å². The van der Waals surface area contributed by atoms with Crippen molar-refractivity contribution < 1.29 is 8.76 Å². The molecule has 3 atom stereocenters. The Morgan fingerprint density at radius 3 is 2.40 bits per heavy atom. The second-order valence-corrected chi connectivity index (χ2v) is 3.77. The topological polar surface area (TPSA) is 43.4 Å². The molecule has 1 aliphatic heterocycles. The maximum atomic E-state index is 10.5. The third-order valence-electron chi connectivity index (χ3n) is 2.27. The third kappa shape index (κ3) is 1.38. The van der Waals surface area contributed by atoms with Gasteiger partial charge >= 0.3 is 0 Å². The zero-order valence-corrected chi connectivity index (χ0v) is 7.06. The highest BCUT2D eigenvalue weighted by Gasteiger charge is 2.27. The van der Waals surface area contributed by atoms with Gasteiger partial charge < -0.3 is 4.55 Å². The largest absolute Gasteiger partial charge is 0.760 e. The van der Waals surface area contributed by atoms with Gasteiger partial charge in [0.05, 0.1) is 0 Å². The fourth-order valence-electron chi connectivity index (χ4n) is 1.27. The second-order valence-electron chi connectivity index (χ2n) is 2.86. The van der Waals surface area contributed by atoms with E-state index in [0.717, 1.165) is 6.42 Å². The van der Waals surface area contributed by atoms with Crippen LogP contribution in [0.15, 0.2) is 0 Å². The molecule has 60 valence electrons. The molecular formula is C6H12NO2S-. The predicted octanol–water partition coefficient (Wildman–Crippen LogP) is 0.511. The van der Waals surface area contributed by atoms with Gasteiger partial charge in [0.25, 0.3) is 0 Å². The summed E-state index contributed by atoms with van der Waals surface area (Å²) in [5.74, 6) is 0.512. The Morgan fingerprint density at radius 2 is 2.20 bits per heavy atom. The van der Waals surface area contributed by atoms with E-state index < -0.39 is 11.3 Å². The summed E-state index contributed by atoms with van der Waals surface area (Å²) in [7, 11) is 0. The molecule has 0 aromatic carbocycles. The molecule has 0 N–H and O–H groups in total. The highest BCUT2D eigenvalue weighted by molar-refractivity contribution is 7.76.